The molecule has 2 atom stereocenters. The lowest BCUT2D eigenvalue weighted by Crippen LogP contribution is -2.48. The normalized spacial score (nSPS) is 23.7. The summed E-state index contributed by atoms with van der Waals surface area (Å²) in [7, 11) is -1.30. The number of rotatable bonds is 4. The lowest BCUT2D eigenvalue weighted by Gasteiger charge is -2.36. The molecule has 10 heteroatoms. The number of hydrogen-bond acceptors (Lipinski definition) is 8. The molecule has 174 valence electrons. The molecule has 2 aromatic rings. The van der Waals surface area contributed by atoms with E-state index in [1.807, 2.05) is 47.4 Å². The molecule has 3 aliphatic heterocycles. The van der Waals surface area contributed by atoms with Crippen molar-refractivity contribution in [2.45, 2.75) is 11.3 Å². The van der Waals surface area contributed by atoms with Crippen molar-refractivity contribution in [2.75, 3.05) is 55.0 Å². The van der Waals surface area contributed by atoms with E-state index in [0.717, 1.165) is 35.4 Å². The summed E-state index contributed by atoms with van der Waals surface area (Å²) in [5.41, 5.74) is 2.59. The molecule has 0 spiro atoms. The molecular weight excluding hydrogens is 460 g/mol. The quantitative estimate of drug-likeness (QED) is 0.709. The van der Waals surface area contributed by atoms with Crippen molar-refractivity contribution < 1.29 is 17.9 Å². The molecule has 3 aliphatic rings. The van der Waals surface area contributed by atoms with E-state index in [1.165, 1.54) is 11.8 Å². The van der Waals surface area contributed by atoms with Crippen molar-refractivity contribution in [3.8, 4) is 5.75 Å². The van der Waals surface area contributed by atoms with Gasteiger partial charge < -0.3 is 19.9 Å². The van der Waals surface area contributed by atoms with Crippen molar-refractivity contribution >= 4 is 44.0 Å². The van der Waals surface area contributed by atoms with Crippen LogP contribution in [0.15, 0.2) is 53.5 Å². The van der Waals surface area contributed by atoms with Crippen molar-refractivity contribution in [1.29, 1.82) is 0 Å². The highest BCUT2D eigenvalue weighted by Gasteiger charge is 2.42. The number of amides is 1. The molecule has 0 aliphatic carbocycles. The van der Waals surface area contributed by atoms with E-state index in [9.17, 15) is 13.2 Å². The van der Waals surface area contributed by atoms with E-state index in [2.05, 4.69) is 21.3 Å². The maximum atomic E-state index is 13.0. The van der Waals surface area contributed by atoms with Gasteiger partial charge in [-0.15, -0.1) is 0 Å². The number of aliphatic imine (C=N–C) groups is 1. The number of nitrogens with zero attached hydrogens (tertiary/aromatic N) is 3. The Morgan fingerprint density at radius 3 is 2.55 bits per heavy atom. The Hall–Kier alpha value is -2.72. The van der Waals surface area contributed by atoms with Gasteiger partial charge in [0.2, 0.25) is 0 Å². The molecule has 2 saturated heterocycles. The first-order valence-corrected chi connectivity index (χ1v) is 13.6. The first-order valence-electron chi connectivity index (χ1n) is 10.9. The Bertz CT molecular complexity index is 1180. The molecular formula is C23H26N4O4S2. The molecule has 8 nitrogen and oxygen atoms in total. The smallest absolute Gasteiger partial charge is 0.253 e. The monoisotopic (exact) mass is 486 g/mol. The van der Waals surface area contributed by atoms with Gasteiger partial charge in [-0.25, -0.2) is 8.42 Å². The number of sulfone groups is 1. The SMILES string of the molecule is COc1cccc(N2CCN(C(=O)c3ccc(NC4=NC5CS(=O)(=O)CC5S4)cc3)CC2)c1. The van der Waals surface area contributed by atoms with Gasteiger partial charge in [0.15, 0.2) is 15.0 Å². The van der Waals surface area contributed by atoms with E-state index >= 15 is 0 Å². The average Bonchev–Trinajstić information content (AvgIpc) is 3.31. The second kappa shape index (κ2) is 8.90. The Balaban J connectivity index is 1.16. The standard InChI is InChI=1S/C23H26N4O4S2/c1-31-19-4-2-3-18(13-19)26-9-11-27(12-10-26)22(28)16-5-7-17(8-6-16)24-23-25-20-14-33(29,30)15-21(20)32-23/h2-8,13,20-21H,9-12,14-15H2,1H3,(H,24,25). The molecule has 2 aromatic carbocycles. The number of ether oxygens (including phenoxy) is 1. The number of nitrogens with one attached hydrogen (secondary N) is 1. The number of carbonyl (C=O) groups excluding carboxylic acids is 1. The van der Waals surface area contributed by atoms with Crippen molar-refractivity contribution in [1.82, 2.24) is 4.90 Å². The number of hydrogen-bond donors (Lipinski definition) is 1. The maximum absolute atomic E-state index is 13.0. The van der Waals surface area contributed by atoms with Crippen molar-refractivity contribution in [2.24, 2.45) is 4.99 Å². The molecule has 3 heterocycles. The van der Waals surface area contributed by atoms with Gasteiger partial charge in [-0.2, -0.15) is 0 Å². The van der Waals surface area contributed by atoms with Gasteiger partial charge in [0.05, 0.1) is 24.7 Å². The molecule has 1 amide bonds. The molecule has 5 rings (SSSR count). The van der Waals surface area contributed by atoms with Crippen LogP contribution in [0.25, 0.3) is 0 Å². The Kier molecular flexibility index (Phi) is 5.96. The van der Waals surface area contributed by atoms with Crippen LogP contribution in [0.4, 0.5) is 11.4 Å². The predicted molar refractivity (Wildman–Crippen MR) is 132 cm³/mol. The van der Waals surface area contributed by atoms with Gasteiger partial charge in [-0.1, -0.05) is 17.8 Å². The number of methoxy groups -OCH3 is 1. The summed E-state index contributed by atoms with van der Waals surface area (Å²) in [6.45, 7) is 2.87. The maximum Gasteiger partial charge on any atom is 0.253 e. The third-order valence-corrected chi connectivity index (χ3v) is 9.33. The molecule has 33 heavy (non-hydrogen) atoms. The summed E-state index contributed by atoms with van der Waals surface area (Å²) in [5, 5.41) is 4.00. The summed E-state index contributed by atoms with van der Waals surface area (Å²) in [6, 6.07) is 15.2. The number of carbonyl (C=O) groups is 1. The fourth-order valence-corrected chi connectivity index (χ4v) is 8.07. The third-order valence-electron chi connectivity index (χ3n) is 6.19. The minimum Gasteiger partial charge on any atom is -0.497 e. The largest absolute Gasteiger partial charge is 0.497 e. The predicted octanol–water partition coefficient (Wildman–Crippen LogP) is 2.34. The van der Waals surface area contributed by atoms with Crippen LogP contribution in [0.2, 0.25) is 0 Å². The number of anilines is 2. The number of fused-ring (bicyclic) bond motifs is 1. The summed E-state index contributed by atoms with van der Waals surface area (Å²) in [5.74, 6) is 1.18. The van der Waals surface area contributed by atoms with Crippen LogP contribution in [0.1, 0.15) is 10.4 Å². The summed E-state index contributed by atoms with van der Waals surface area (Å²) in [4.78, 5) is 21.6. The molecule has 0 radical (unpaired) electrons. The zero-order chi connectivity index (χ0) is 23.0. The van der Waals surface area contributed by atoms with Crippen LogP contribution in [0.5, 0.6) is 5.75 Å². The van der Waals surface area contributed by atoms with E-state index in [4.69, 9.17) is 4.74 Å². The summed E-state index contributed by atoms with van der Waals surface area (Å²) >= 11 is 1.48. The van der Waals surface area contributed by atoms with Crippen LogP contribution in [-0.4, -0.2) is 80.5 Å². The molecule has 2 unspecified atom stereocenters. The Morgan fingerprint density at radius 1 is 1.09 bits per heavy atom. The van der Waals surface area contributed by atoms with Crippen LogP contribution >= 0.6 is 11.8 Å². The molecule has 0 bridgehead atoms. The number of benzene rings is 2. The van der Waals surface area contributed by atoms with E-state index in [-0.39, 0.29) is 28.7 Å². The van der Waals surface area contributed by atoms with E-state index in [0.29, 0.717) is 18.7 Å². The van der Waals surface area contributed by atoms with Gasteiger partial charge in [0.25, 0.3) is 5.91 Å². The van der Waals surface area contributed by atoms with Crippen molar-refractivity contribution in [3.63, 3.8) is 0 Å². The van der Waals surface area contributed by atoms with Crippen LogP contribution in [0.3, 0.4) is 0 Å². The van der Waals surface area contributed by atoms with E-state index < -0.39 is 9.84 Å². The molecule has 0 saturated carbocycles. The number of thioether (sulfide) groups is 1. The van der Waals surface area contributed by atoms with Gasteiger partial charge >= 0.3 is 0 Å². The van der Waals surface area contributed by atoms with Crippen LogP contribution < -0.4 is 15.0 Å². The highest BCUT2D eigenvalue weighted by atomic mass is 32.2. The molecule has 1 N–H and O–H groups in total. The van der Waals surface area contributed by atoms with Gasteiger partial charge in [-0.05, 0) is 36.4 Å². The zero-order valence-corrected chi connectivity index (χ0v) is 19.9. The minimum absolute atomic E-state index is 0.00833. The lowest BCUT2D eigenvalue weighted by atomic mass is 10.1. The average molecular weight is 487 g/mol. The lowest BCUT2D eigenvalue weighted by molar-refractivity contribution is 0.0747. The minimum atomic E-state index is -2.96. The second-order valence-corrected chi connectivity index (χ2v) is 11.8. The first kappa shape index (κ1) is 22.1. The highest BCUT2D eigenvalue weighted by molar-refractivity contribution is 8.15. The molecule has 2 fully saturated rings. The van der Waals surface area contributed by atoms with Gasteiger partial charge in [-0.3, -0.25) is 9.79 Å². The second-order valence-electron chi connectivity index (χ2n) is 8.42. The van der Waals surface area contributed by atoms with Crippen molar-refractivity contribution in [3.05, 3.63) is 54.1 Å². The zero-order valence-electron chi connectivity index (χ0n) is 18.3. The number of piperazine rings is 1. The van der Waals surface area contributed by atoms with Gasteiger partial charge in [0.1, 0.15) is 5.75 Å². The van der Waals surface area contributed by atoms with Crippen LogP contribution in [0, 0.1) is 0 Å². The fraction of sp³-hybridized carbons (Fsp3) is 0.391. The summed E-state index contributed by atoms with van der Waals surface area (Å²) < 4.78 is 28.7. The van der Waals surface area contributed by atoms with E-state index in [1.54, 1.807) is 7.11 Å². The van der Waals surface area contributed by atoms with Crippen LogP contribution in [-0.2, 0) is 9.84 Å². The first-order chi connectivity index (χ1) is 15.9. The summed E-state index contributed by atoms with van der Waals surface area (Å²) in [6.07, 6.45) is 0. The third kappa shape index (κ3) is 4.81. The molecule has 0 aromatic heterocycles. The Morgan fingerprint density at radius 2 is 1.85 bits per heavy atom. The highest BCUT2D eigenvalue weighted by Crippen LogP contribution is 2.34. The topological polar surface area (TPSA) is 91.3 Å². The Labute approximate surface area is 197 Å². The van der Waals surface area contributed by atoms with Gasteiger partial charge in [0, 0.05) is 54.4 Å². The number of amidine groups is 1. The fourth-order valence-electron chi connectivity index (χ4n) is 4.39.